The van der Waals surface area contributed by atoms with Crippen molar-refractivity contribution in [2.75, 3.05) is 13.2 Å². The van der Waals surface area contributed by atoms with Crippen LogP contribution in [0.25, 0.3) is 0 Å². The smallest absolute Gasteiger partial charge is 0.139 e. The summed E-state index contributed by atoms with van der Waals surface area (Å²) in [5.41, 5.74) is 5.89. The third-order valence-corrected chi connectivity index (χ3v) is 3.05. The highest BCUT2D eigenvalue weighted by Crippen LogP contribution is 2.33. The molecule has 0 amide bonds. The Morgan fingerprint density at radius 2 is 2.23 bits per heavy atom. The van der Waals surface area contributed by atoms with E-state index in [1.54, 1.807) is 0 Å². The van der Waals surface area contributed by atoms with E-state index >= 15 is 0 Å². The fourth-order valence-electron chi connectivity index (χ4n) is 1.88. The number of nitrogens with two attached hydrogens (primary N) is 1. The van der Waals surface area contributed by atoms with Gasteiger partial charge in [-0.05, 0) is 25.2 Å². The molecule has 3 nitrogen and oxygen atoms in total. The van der Waals surface area contributed by atoms with Crippen molar-refractivity contribution in [2.45, 2.75) is 31.7 Å². The fraction of sp³-hybridized carbons (Fsp3) is 0.900. The molecule has 2 unspecified atom stereocenters. The molecule has 74 valence electrons. The molecule has 2 rings (SSSR count). The number of Topliss-reactive ketones (excluding diaryl/α,β-unsaturated/α-hetero) is 1. The van der Waals surface area contributed by atoms with Crippen LogP contribution in [-0.2, 0) is 9.53 Å². The molecule has 2 N–H and O–H groups in total. The number of carbonyl (C=O) groups is 1. The van der Waals surface area contributed by atoms with Gasteiger partial charge < -0.3 is 10.5 Å². The van der Waals surface area contributed by atoms with Crippen LogP contribution in [0.2, 0.25) is 0 Å². The second-order valence-corrected chi connectivity index (χ2v) is 4.23. The Balaban J connectivity index is 1.76. The van der Waals surface area contributed by atoms with Crippen LogP contribution < -0.4 is 5.73 Å². The van der Waals surface area contributed by atoms with E-state index in [1.807, 2.05) is 0 Å². The van der Waals surface area contributed by atoms with Gasteiger partial charge in [0.2, 0.25) is 0 Å². The Hall–Kier alpha value is -0.410. The van der Waals surface area contributed by atoms with Crippen LogP contribution in [-0.4, -0.2) is 25.0 Å². The predicted molar refractivity (Wildman–Crippen MR) is 49.2 cm³/mol. The Kier molecular flexibility index (Phi) is 2.65. The molecule has 0 bridgehead atoms. The summed E-state index contributed by atoms with van der Waals surface area (Å²) in [6, 6.07) is 0.119. The van der Waals surface area contributed by atoms with Crippen molar-refractivity contribution in [1.82, 2.24) is 0 Å². The minimum atomic E-state index is 0.119. The van der Waals surface area contributed by atoms with E-state index in [0.29, 0.717) is 24.7 Å². The number of hydrogen-bond acceptors (Lipinski definition) is 3. The fourth-order valence-corrected chi connectivity index (χ4v) is 1.88. The van der Waals surface area contributed by atoms with E-state index in [0.717, 1.165) is 13.0 Å². The number of rotatable bonds is 4. The molecule has 3 heteroatoms. The van der Waals surface area contributed by atoms with Gasteiger partial charge in [-0.1, -0.05) is 0 Å². The molecular weight excluding hydrogens is 166 g/mol. The maximum atomic E-state index is 11.6. The van der Waals surface area contributed by atoms with Crippen molar-refractivity contribution in [3.8, 4) is 0 Å². The normalized spacial score (nSPS) is 30.4. The van der Waals surface area contributed by atoms with Gasteiger partial charge >= 0.3 is 0 Å². The van der Waals surface area contributed by atoms with Crippen molar-refractivity contribution in [2.24, 2.45) is 17.6 Å². The highest BCUT2D eigenvalue weighted by Gasteiger charge is 2.32. The zero-order chi connectivity index (χ0) is 9.26. The summed E-state index contributed by atoms with van der Waals surface area (Å²) >= 11 is 0. The third-order valence-electron chi connectivity index (χ3n) is 3.05. The lowest BCUT2D eigenvalue weighted by atomic mass is 9.96. The van der Waals surface area contributed by atoms with Gasteiger partial charge in [-0.15, -0.1) is 0 Å². The van der Waals surface area contributed by atoms with Crippen LogP contribution in [0.4, 0.5) is 0 Å². The highest BCUT2D eigenvalue weighted by atomic mass is 16.5. The maximum Gasteiger partial charge on any atom is 0.139 e. The molecule has 13 heavy (non-hydrogen) atoms. The van der Waals surface area contributed by atoms with E-state index < -0.39 is 0 Å². The summed E-state index contributed by atoms with van der Waals surface area (Å²) in [6.45, 7) is 1.37. The summed E-state index contributed by atoms with van der Waals surface area (Å²) in [7, 11) is 0. The van der Waals surface area contributed by atoms with Crippen molar-refractivity contribution < 1.29 is 9.53 Å². The maximum absolute atomic E-state index is 11.6. The monoisotopic (exact) mass is 183 g/mol. The molecule has 2 aliphatic rings. The summed E-state index contributed by atoms with van der Waals surface area (Å²) < 4.78 is 5.17. The summed E-state index contributed by atoms with van der Waals surface area (Å²) in [4.78, 5) is 11.6. The van der Waals surface area contributed by atoms with Crippen LogP contribution in [0.3, 0.4) is 0 Å². The van der Waals surface area contributed by atoms with E-state index in [1.165, 1.54) is 12.8 Å². The van der Waals surface area contributed by atoms with Gasteiger partial charge in [-0.2, -0.15) is 0 Å². The molecule has 0 aromatic rings. The Bertz CT molecular complexity index is 195. The largest absolute Gasteiger partial charge is 0.381 e. The number of hydrogen-bond donors (Lipinski definition) is 1. The molecule has 1 saturated carbocycles. The summed E-state index contributed by atoms with van der Waals surface area (Å²) in [6.07, 6.45) is 3.90. The molecule has 2 atom stereocenters. The Labute approximate surface area is 78.6 Å². The topological polar surface area (TPSA) is 52.3 Å². The van der Waals surface area contributed by atoms with Crippen LogP contribution in [0.1, 0.15) is 25.7 Å². The van der Waals surface area contributed by atoms with E-state index in [9.17, 15) is 4.79 Å². The van der Waals surface area contributed by atoms with Crippen LogP contribution in [0.15, 0.2) is 0 Å². The van der Waals surface area contributed by atoms with Crippen LogP contribution in [0.5, 0.6) is 0 Å². The lowest BCUT2D eigenvalue weighted by Gasteiger charge is -2.11. The summed E-state index contributed by atoms with van der Waals surface area (Å²) in [5.74, 6) is 1.09. The zero-order valence-corrected chi connectivity index (χ0v) is 7.87. The standard InChI is InChI=1S/C10H17NO2/c11-9(7-1-2-7)5-10(12)8-3-4-13-6-8/h7-9H,1-6,11H2. The lowest BCUT2D eigenvalue weighted by molar-refractivity contribution is -0.123. The first-order valence-electron chi connectivity index (χ1n) is 5.13. The van der Waals surface area contributed by atoms with Gasteiger partial charge in [-0.3, -0.25) is 4.79 Å². The Morgan fingerprint density at radius 1 is 1.46 bits per heavy atom. The summed E-state index contributed by atoms with van der Waals surface area (Å²) in [5, 5.41) is 0. The molecule has 1 aliphatic carbocycles. The molecule has 0 aromatic carbocycles. The third kappa shape index (κ3) is 2.29. The molecular formula is C10H17NO2. The van der Waals surface area contributed by atoms with E-state index in [4.69, 9.17) is 10.5 Å². The van der Waals surface area contributed by atoms with Gasteiger partial charge in [0.15, 0.2) is 0 Å². The van der Waals surface area contributed by atoms with Crippen molar-refractivity contribution >= 4 is 5.78 Å². The molecule has 1 saturated heterocycles. The average molecular weight is 183 g/mol. The number of ether oxygens (including phenoxy) is 1. The second kappa shape index (κ2) is 3.76. The van der Waals surface area contributed by atoms with Crippen molar-refractivity contribution in [1.29, 1.82) is 0 Å². The SMILES string of the molecule is NC(CC(=O)C1CCOC1)C1CC1. The van der Waals surface area contributed by atoms with Crippen molar-refractivity contribution in [3.63, 3.8) is 0 Å². The molecule has 1 heterocycles. The zero-order valence-electron chi connectivity index (χ0n) is 7.87. The molecule has 0 radical (unpaired) electrons. The second-order valence-electron chi connectivity index (χ2n) is 4.23. The minimum Gasteiger partial charge on any atom is -0.381 e. The Morgan fingerprint density at radius 3 is 2.77 bits per heavy atom. The molecule has 2 fully saturated rings. The molecule has 1 aliphatic heterocycles. The predicted octanol–water partition coefficient (Wildman–Crippen LogP) is 0.719. The van der Waals surface area contributed by atoms with Gasteiger partial charge in [-0.25, -0.2) is 0 Å². The van der Waals surface area contributed by atoms with E-state index in [-0.39, 0.29) is 12.0 Å². The number of carbonyl (C=O) groups excluding carboxylic acids is 1. The van der Waals surface area contributed by atoms with Gasteiger partial charge in [0.05, 0.1) is 6.61 Å². The van der Waals surface area contributed by atoms with Crippen LogP contribution >= 0.6 is 0 Å². The van der Waals surface area contributed by atoms with Crippen LogP contribution in [0, 0.1) is 11.8 Å². The van der Waals surface area contributed by atoms with E-state index in [2.05, 4.69) is 0 Å². The first-order chi connectivity index (χ1) is 6.27. The van der Waals surface area contributed by atoms with Gasteiger partial charge in [0.25, 0.3) is 0 Å². The molecule has 0 spiro atoms. The first kappa shape index (κ1) is 9.16. The highest BCUT2D eigenvalue weighted by molar-refractivity contribution is 5.82. The van der Waals surface area contributed by atoms with Crippen molar-refractivity contribution in [3.05, 3.63) is 0 Å². The van der Waals surface area contributed by atoms with Gasteiger partial charge in [0.1, 0.15) is 5.78 Å². The minimum absolute atomic E-state index is 0.119. The number of ketones is 1. The molecule has 0 aromatic heterocycles. The average Bonchev–Trinajstić information content (AvgIpc) is 2.81. The quantitative estimate of drug-likeness (QED) is 0.698. The first-order valence-corrected chi connectivity index (χ1v) is 5.13. The van der Waals surface area contributed by atoms with Gasteiger partial charge in [0, 0.05) is 25.0 Å². The lowest BCUT2D eigenvalue weighted by Crippen LogP contribution is -2.29.